The van der Waals surface area contributed by atoms with Crippen molar-refractivity contribution in [2.45, 2.75) is 58.2 Å². The Hall–Kier alpha value is -3.49. The molecule has 8 heteroatoms. The summed E-state index contributed by atoms with van der Waals surface area (Å²) in [5.74, 6) is -1.60. The molecule has 0 saturated heterocycles. The number of thioether (sulfide) groups is 1. The van der Waals surface area contributed by atoms with E-state index in [-0.39, 0.29) is 0 Å². The maximum Gasteiger partial charge on any atom is 0.326 e. The summed E-state index contributed by atoms with van der Waals surface area (Å²) in [5.41, 5.74) is 4.51. The first-order valence-electron chi connectivity index (χ1n) is 14.8. The highest BCUT2D eigenvalue weighted by Gasteiger charge is 2.23. The molecular formula is C35H40F2N2O3S. The van der Waals surface area contributed by atoms with Crippen LogP contribution in [0.3, 0.4) is 0 Å². The molecule has 2 N–H and O–H groups in total. The number of aliphatic carboxylic acids is 1. The van der Waals surface area contributed by atoms with Crippen molar-refractivity contribution in [3.8, 4) is 11.1 Å². The molecule has 4 rings (SSSR count). The molecule has 43 heavy (non-hydrogen) atoms. The third-order valence-corrected chi connectivity index (χ3v) is 8.53. The molecule has 1 aliphatic rings. The molecule has 0 saturated carbocycles. The standard InChI is InChI=1S/C35H40F2N2O3S/c1-24-8-6-7-11-30(24)32-20-26(12-13-31(32)34(40)38-33(35(41)42)15-17-43-2)22-39(16-14-25-9-4-3-5-10-25)23-27-18-28(36)21-29(37)19-27/h4,6-9,11-13,18-21,25,33H,3,5,10,14-17,22-23H2,1-2H3,(H,38,40)(H,41,42)/t25?,33-/m0/s1. The van der Waals surface area contributed by atoms with E-state index >= 15 is 0 Å². The van der Waals surface area contributed by atoms with Crippen molar-refractivity contribution >= 4 is 23.6 Å². The number of nitrogens with zero attached hydrogens (tertiary/aromatic N) is 1. The average Bonchev–Trinajstić information content (AvgIpc) is 2.98. The number of allylic oxidation sites excluding steroid dienone is 2. The summed E-state index contributed by atoms with van der Waals surface area (Å²) in [6.45, 7) is 3.61. The van der Waals surface area contributed by atoms with Crippen LogP contribution in [0.25, 0.3) is 11.1 Å². The SMILES string of the molecule is CSCC[C@H](NC(=O)c1ccc(CN(CCC2C=CCCC2)Cc2cc(F)cc(F)c2)cc1-c1ccccc1C)C(=O)O. The van der Waals surface area contributed by atoms with Gasteiger partial charge in [-0.3, -0.25) is 9.69 Å². The Bertz CT molecular complexity index is 1420. The summed E-state index contributed by atoms with van der Waals surface area (Å²) >= 11 is 1.53. The van der Waals surface area contributed by atoms with E-state index in [1.807, 2.05) is 49.6 Å². The molecule has 1 amide bonds. The number of amides is 1. The van der Waals surface area contributed by atoms with Gasteiger partial charge in [-0.25, -0.2) is 13.6 Å². The lowest BCUT2D eigenvalue weighted by atomic mass is 9.92. The Balaban J connectivity index is 1.64. The molecule has 228 valence electrons. The van der Waals surface area contributed by atoms with E-state index in [0.717, 1.165) is 48.6 Å². The lowest BCUT2D eigenvalue weighted by Gasteiger charge is -2.26. The predicted molar refractivity (Wildman–Crippen MR) is 170 cm³/mol. The summed E-state index contributed by atoms with van der Waals surface area (Å²) in [6.07, 6.45) is 11.1. The highest BCUT2D eigenvalue weighted by atomic mass is 32.2. The molecule has 0 aromatic heterocycles. The van der Waals surface area contributed by atoms with E-state index < -0.39 is 29.6 Å². The highest BCUT2D eigenvalue weighted by Crippen LogP contribution is 2.30. The number of halogens is 2. The number of benzene rings is 3. The molecule has 0 aliphatic heterocycles. The maximum absolute atomic E-state index is 14.0. The first kappa shape index (κ1) is 32.4. The zero-order valence-electron chi connectivity index (χ0n) is 24.8. The molecule has 0 bridgehead atoms. The fourth-order valence-corrected chi connectivity index (χ4v) is 6.09. The molecule has 1 unspecified atom stereocenters. The number of nitrogens with one attached hydrogen (secondary N) is 1. The quantitative estimate of drug-likeness (QED) is 0.185. The summed E-state index contributed by atoms with van der Waals surface area (Å²) in [5, 5.41) is 12.4. The van der Waals surface area contributed by atoms with Crippen LogP contribution in [0.1, 0.15) is 59.2 Å². The predicted octanol–water partition coefficient (Wildman–Crippen LogP) is 7.62. The van der Waals surface area contributed by atoms with E-state index in [4.69, 9.17) is 0 Å². The fraction of sp³-hybridized carbons (Fsp3) is 0.371. The van der Waals surface area contributed by atoms with E-state index in [2.05, 4.69) is 22.4 Å². The number of carbonyl (C=O) groups excluding carboxylic acids is 1. The van der Waals surface area contributed by atoms with Crippen molar-refractivity contribution < 1.29 is 23.5 Å². The average molecular weight is 607 g/mol. The number of rotatable bonds is 14. The van der Waals surface area contributed by atoms with E-state index in [0.29, 0.717) is 47.9 Å². The van der Waals surface area contributed by atoms with Gasteiger partial charge in [-0.05, 0) is 116 Å². The second kappa shape index (κ2) is 15.8. The van der Waals surface area contributed by atoms with Gasteiger partial charge in [0.1, 0.15) is 17.7 Å². The number of hydrogen-bond donors (Lipinski definition) is 2. The Kier molecular flexibility index (Phi) is 11.9. The highest BCUT2D eigenvalue weighted by molar-refractivity contribution is 7.98. The van der Waals surface area contributed by atoms with Gasteiger partial charge in [-0.1, -0.05) is 42.5 Å². The zero-order valence-corrected chi connectivity index (χ0v) is 25.6. The first-order valence-corrected chi connectivity index (χ1v) is 16.2. The van der Waals surface area contributed by atoms with Gasteiger partial charge in [-0.2, -0.15) is 11.8 Å². The summed E-state index contributed by atoms with van der Waals surface area (Å²) in [4.78, 5) is 27.5. The number of carboxylic acid groups (broad SMARTS) is 1. The van der Waals surface area contributed by atoms with Crippen LogP contribution in [-0.2, 0) is 17.9 Å². The number of aryl methyl sites for hydroxylation is 1. The molecule has 0 radical (unpaired) electrons. The third-order valence-electron chi connectivity index (χ3n) is 7.88. The van der Waals surface area contributed by atoms with Crippen LogP contribution in [0.2, 0.25) is 0 Å². The number of hydrogen-bond acceptors (Lipinski definition) is 4. The maximum atomic E-state index is 14.0. The van der Waals surface area contributed by atoms with Crippen LogP contribution < -0.4 is 5.32 Å². The lowest BCUT2D eigenvalue weighted by molar-refractivity contribution is -0.139. The summed E-state index contributed by atoms with van der Waals surface area (Å²) < 4.78 is 28.1. The van der Waals surface area contributed by atoms with Crippen molar-refractivity contribution in [2.75, 3.05) is 18.6 Å². The topological polar surface area (TPSA) is 69.6 Å². The van der Waals surface area contributed by atoms with Crippen LogP contribution in [-0.4, -0.2) is 46.5 Å². The van der Waals surface area contributed by atoms with Crippen LogP contribution in [0.15, 0.2) is 72.8 Å². The van der Waals surface area contributed by atoms with Gasteiger partial charge in [0.2, 0.25) is 0 Å². The van der Waals surface area contributed by atoms with E-state index in [1.165, 1.54) is 30.3 Å². The van der Waals surface area contributed by atoms with Crippen LogP contribution in [0, 0.1) is 24.5 Å². The monoisotopic (exact) mass is 606 g/mol. The molecule has 3 aromatic carbocycles. The summed E-state index contributed by atoms with van der Waals surface area (Å²) in [6, 6.07) is 16.0. The third kappa shape index (κ3) is 9.50. The van der Waals surface area contributed by atoms with Crippen molar-refractivity contribution in [1.29, 1.82) is 0 Å². The van der Waals surface area contributed by atoms with Gasteiger partial charge >= 0.3 is 5.97 Å². The second-order valence-electron chi connectivity index (χ2n) is 11.2. The van der Waals surface area contributed by atoms with Gasteiger partial charge in [-0.15, -0.1) is 0 Å². The Morgan fingerprint density at radius 1 is 1.02 bits per heavy atom. The fourth-order valence-electron chi connectivity index (χ4n) is 5.62. The Labute approximate surface area is 257 Å². The second-order valence-corrected chi connectivity index (χ2v) is 12.2. The van der Waals surface area contributed by atoms with Crippen LogP contribution in [0.5, 0.6) is 0 Å². The minimum absolute atomic E-state index is 0.325. The number of carbonyl (C=O) groups is 2. The molecule has 1 aliphatic carbocycles. The largest absolute Gasteiger partial charge is 0.480 e. The van der Waals surface area contributed by atoms with Crippen molar-refractivity contribution in [3.63, 3.8) is 0 Å². The van der Waals surface area contributed by atoms with E-state index in [1.54, 1.807) is 6.07 Å². The normalized spacial score (nSPS) is 15.4. The van der Waals surface area contributed by atoms with Gasteiger partial charge in [0.05, 0.1) is 0 Å². The smallest absolute Gasteiger partial charge is 0.326 e. The molecule has 0 fully saturated rings. The van der Waals surface area contributed by atoms with E-state index in [9.17, 15) is 23.5 Å². The van der Waals surface area contributed by atoms with Gasteiger partial charge in [0.15, 0.2) is 0 Å². The molecule has 0 spiro atoms. The molecule has 0 heterocycles. The minimum Gasteiger partial charge on any atom is -0.480 e. The lowest BCUT2D eigenvalue weighted by Crippen LogP contribution is -2.41. The van der Waals surface area contributed by atoms with Crippen molar-refractivity contribution in [1.82, 2.24) is 10.2 Å². The van der Waals surface area contributed by atoms with Crippen molar-refractivity contribution in [2.24, 2.45) is 5.92 Å². The molecular weight excluding hydrogens is 566 g/mol. The summed E-state index contributed by atoms with van der Waals surface area (Å²) in [7, 11) is 0. The van der Waals surface area contributed by atoms with Crippen molar-refractivity contribution in [3.05, 3.63) is 107 Å². The van der Waals surface area contributed by atoms with Gasteiger partial charge in [0, 0.05) is 24.7 Å². The molecule has 3 aromatic rings. The number of carboxylic acids is 1. The van der Waals surface area contributed by atoms with Crippen LogP contribution >= 0.6 is 11.8 Å². The Morgan fingerprint density at radius 2 is 1.77 bits per heavy atom. The minimum atomic E-state index is -1.06. The van der Waals surface area contributed by atoms with Crippen LogP contribution in [0.4, 0.5) is 8.78 Å². The molecule has 5 nitrogen and oxygen atoms in total. The Morgan fingerprint density at radius 3 is 2.44 bits per heavy atom. The zero-order chi connectivity index (χ0) is 30.8. The first-order chi connectivity index (χ1) is 20.7. The van der Waals surface area contributed by atoms with Gasteiger partial charge < -0.3 is 10.4 Å². The van der Waals surface area contributed by atoms with Gasteiger partial charge in [0.25, 0.3) is 5.91 Å². The molecule has 2 atom stereocenters.